The molecule has 0 spiro atoms. The highest BCUT2D eigenvalue weighted by Gasteiger charge is 2.21. The van der Waals surface area contributed by atoms with Crippen LogP contribution in [0.4, 0.5) is 0 Å². The predicted octanol–water partition coefficient (Wildman–Crippen LogP) is 4.29. The monoisotopic (exact) mass is 393 g/mol. The van der Waals surface area contributed by atoms with Crippen LogP contribution in [0.15, 0.2) is 57.9 Å². The molecular formula is C24H27NO4. The zero-order chi connectivity index (χ0) is 20.2. The average molecular weight is 393 g/mol. The predicted molar refractivity (Wildman–Crippen MR) is 113 cm³/mol. The van der Waals surface area contributed by atoms with Gasteiger partial charge in [0.25, 0.3) is 0 Å². The van der Waals surface area contributed by atoms with Crippen LogP contribution in [0.1, 0.15) is 29.5 Å². The van der Waals surface area contributed by atoms with Crippen molar-refractivity contribution >= 4 is 11.0 Å². The van der Waals surface area contributed by atoms with Crippen LogP contribution in [0.5, 0.6) is 5.75 Å². The molecule has 1 saturated heterocycles. The van der Waals surface area contributed by atoms with Gasteiger partial charge in [0.2, 0.25) is 0 Å². The van der Waals surface area contributed by atoms with Crippen molar-refractivity contribution in [3.63, 3.8) is 0 Å². The third kappa shape index (κ3) is 4.52. The lowest BCUT2D eigenvalue weighted by Crippen LogP contribution is -2.33. The zero-order valence-corrected chi connectivity index (χ0v) is 17.0. The fourth-order valence-corrected chi connectivity index (χ4v) is 3.97. The van der Waals surface area contributed by atoms with Gasteiger partial charge < -0.3 is 13.9 Å². The second-order valence-corrected chi connectivity index (χ2v) is 7.71. The van der Waals surface area contributed by atoms with Crippen molar-refractivity contribution in [2.24, 2.45) is 0 Å². The maximum atomic E-state index is 13.1. The lowest BCUT2D eigenvalue weighted by molar-refractivity contribution is 0.0673. The highest BCUT2D eigenvalue weighted by atomic mass is 16.5. The van der Waals surface area contributed by atoms with Gasteiger partial charge in [-0.05, 0) is 38.0 Å². The summed E-state index contributed by atoms with van der Waals surface area (Å²) in [7, 11) is 1.68. The minimum atomic E-state index is 0.0346. The zero-order valence-electron chi connectivity index (χ0n) is 17.0. The van der Waals surface area contributed by atoms with E-state index >= 15 is 0 Å². The Bertz CT molecular complexity index is 1040. The number of fused-ring (bicyclic) bond motifs is 1. The van der Waals surface area contributed by atoms with Gasteiger partial charge in [0, 0.05) is 37.4 Å². The molecule has 0 amide bonds. The van der Waals surface area contributed by atoms with Crippen LogP contribution in [0.2, 0.25) is 0 Å². The summed E-state index contributed by atoms with van der Waals surface area (Å²) in [5, 5.41) is 0.636. The molecular weight excluding hydrogens is 366 g/mol. The summed E-state index contributed by atoms with van der Waals surface area (Å²) < 4.78 is 17.1. The van der Waals surface area contributed by atoms with Gasteiger partial charge in [-0.15, -0.1) is 0 Å². The molecule has 1 aromatic heterocycles. The quantitative estimate of drug-likeness (QED) is 0.599. The maximum absolute atomic E-state index is 13.1. The van der Waals surface area contributed by atoms with E-state index in [-0.39, 0.29) is 11.5 Å². The molecule has 0 unspecified atom stereocenters. The summed E-state index contributed by atoms with van der Waals surface area (Å²) in [5.74, 6) is 0.853. The van der Waals surface area contributed by atoms with E-state index in [1.807, 2.05) is 43.3 Å². The topological polar surface area (TPSA) is 51.9 Å². The Kier molecular flexibility index (Phi) is 5.97. The van der Waals surface area contributed by atoms with E-state index in [1.54, 1.807) is 13.4 Å². The lowest BCUT2D eigenvalue weighted by atomic mass is 10.1. The van der Waals surface area contributed by atoms with Crippen LogP contribution >= 0.6 is 0 Å². The van der Waals surface area contributed by atoms with Gasteiger partial charge in [0.15, 0.2) is 5.43 Å². The van der Waals surface area contributed by atoms with Gasteiger partial charge in [0.05, 0.1) is 24.9 Å². The highest BCUT2D eigenvalue weighted by Crippen LogP contribution is 2.23. The van der Waals surface area contributed by atoms with Crippen LogP contribution in [0.25, 0.3) is 11.0 Å². The number of methoxy groups -OCH3 is 1. The smallest absolute Gasteiger partial charge is 0.197 e. The van der Waals surface area contributed by atoms with Gasteiger partial charge in [-0.2, -0.15) is 0 Å². The lowest BCUT2D eigenvalue weighted by Gasteiger charge is -2.25. The minimum absolute atomic E-state index is 0.0346. The molecule has 0 aliphatic carbocycles. The van der Waals surface area contributed by atoms with Crippen molar-refractivity contribution in [2.45, 2.75) is 39.0 Å². The summed E-state index contributed by atoms with van der Waals surface area (Å²) in [4.78, 5) is 15.3. The molecule has 0 saturated carbocycles. The molecule has 152 valence electrons. The molecule has 4 rings (SSSR count). The molecule has 2 aromatic carbocycles. The van der Waals surface area contributed by atoms with Crippen LogP contribution in [0, 0.1) is 6.92 Å². The van der Waals surface area contributed by atoms with Crippen LogP contribution < -0.4 is 10.2 Å². The molecule has 29 heavy (non-hydrogen) atoms. The van der Waals surface area contributed by atoms with E-state index in [9.17, 15) is 4.79 Å². The summed E-state index contributed by atoms with van der Waals surface area (Å²) >= 11 is 0. The Morgan fingerprint density at radius 3 is 2.76 bits per heavy atom. The number of hydrogen-bond donors (Lipinski definition) is 0. The third-order valence-corrected chi connectivity index (χ3v) is 5.47. The molecule has 5 nitrogen and oxygen atoms in total. The number of hydrogen-bond acceptors (Lipinski definition) is 5. The van der Waals surface area contributed by atoms with Crippen molar-refractivity contribution in [1.29, 1.82) is 0 Å². The minimum Gasteiger partial charge on any atom is -0.496 e. The van der Waals surface area contributed by atoms with Gasteiger partial charge in [-0.1, -0.05) is 29.8 Å². The number of para-hydroxylation sites is 1. The van der Waals surface area contributed by atoms with Crippen molar-refractivity contribution in [3.8, 4) is 5.75 Å². The van der Waals surface area contributed by atoms with Gasteiger partial charge in [0.1, 0.15) is 11.3 Å². The number of benzene rings is 2. The molecule has 1 atom stereocenters. The first-order valence-electron chi connectivity index (χ1n) is 10.1. The van der Waals surface area contributed by atoms with Gasteiger partial charge in [-0.25, -0.2) is 0 Å². The largest absolute Gasteiger partial charge is 0.496 e. The number of nitrogens with zero attached hydrogens (tertiary/aromatic N) is 1. The maximum Gasteiger partial charge on any atom is 0.197 e. The molecule has 0 bridgehead atoms. The summed E-state index contributed by atoms with van der Waals surface area (Å²) in [6.45, 7) is 4.74. The van der Waals surface area contributed by atoms with Crippen molar-refractivity contribution in [1.82, 2.24) is 4.90 Å². The van der Waals surface area contributed by atoms with Crippen LogP contribution in [0.3, 0.4) is 0 Å². The Hall–Kier alpha value is -2.63. The van der Waals surface area contributed by atoms with E-state index in [1.165, 1.54) is 0 Å². The van der Waals surface area contributed by atoms with Gasteiger partial charge >= 0.3 is 0 Å². The van der Waals surface area contributed by atoms with E-state index in [4.69, 9.17) is 13.9 Å². The highest BCUT2D eigenvalue weighted by molar-refractivity contribution is 5.77. The first-order chi connectivity index (χ1) is 14.1. The molecule has 0 radical (unpaired) electrons. The average Bonchev–Trinajstić information content (AvgIpc) is 3.24. The number of rotatable bonds is 7. The molecule has 1 aliphatic heterocycles. The molecule has 1 aliphatic rings. The van der Waals surface area contributed by atoms with Crippen molar-refractivity contribution in [3.05, 3.63) is 75.6 Å². The second-order valence-electron chi connectivity index (χ2n) is 7.71. The standard InChI is InChI=1S/C24H27NO4/c1-17-9-10-23-21(12-17)24(26)19(16-29-23)14-25(15-20-7-5-11-28-20)13-18-6-3-4-8-22(18)27-2/h3-4,6,8-10,12,16,20H,5,7,11,13-15H2,1-2H3/t20-/m0/s1. The first kappa shape index (κ1) is 19.7. The third-order valence-electron chi connectivity index (χ3n) is 5.47. The van der Waals surface area contributed by atoms with E-state index < -0.39 is 0 Å². The number of aryl methyl sites for hydroxylation is 1. The van der Waals surface area contributed by atoms with E-state index in [0.29, 0.717) is 29.6 Å². The second kappa shape index (κ2) is 8.80. The first-order valence-corrected chi connectivity index (χ1v) is 10.1. The summed E-state index contributed by atoms with van der Waals surface area (Å²) in [6, 6.07) is 13.7. The normalized spacial score (nSPS) is 16.6. The fraction of sp³-hybridized carbons (Fsp3) is 0.375. The summed E-state index contributed by atoms with van der Waals surface area (Å²) in [5.41, 5.74) is 3.46. The Labute approximate surface area is 170 Å². The van der Waals surface area contributed by atoms with Crippen LogP contribution in [-0.2, 0) is 17.8 Å². The van der Waals surface area contributed by atoms with Crippen LogP contribution in [-0.4, -0.2) is 31.3 Å². The molecule has 3 aromatic rings. The Morgan fingerprint density at radius 2 is 1.97 bits per heavy atom. The SMILES string of the molecule is COc1ccccc1CN(Cc1coc2ccc(C)cc2c1=O)C[C@@H]1CCCO1. The van der Waals surface area contributed by atoms with Gasteiger partial charge in [-0.3, -0.25) is 9.69 Å². The molecule has 1 fully saturated rings. The molecule has 0 N–H and O–H groups in total. The van der Waals surface area contributed by atoms with Crippen molar-refractivity contribution < 1.29 is 13.9 Å². The Morgan fingerprint density at radius 1 is 1.14 bits per heavy atom. The number of ether oxygens (including phenoxy) is 2. The summed E-state index contributed by atoms with van der Waals surface area (Å²) in [6.07, 6.45) is 3.93. The van der Waals surface area contributed by atoms with E-state index in [2.05, 4.69) is 11.0 Å². The molecule has 5 heteroatoms. The fourth-order valence-electron chi connectivity index (χ4n) is 3.97. The Balaban J connectivity index is 1.63. The molecule has 2 heterocycles. The van der Waals surface area contributed by atoms with E-state index in [0.717, 1.165) is 42.9 Å². The van der Waals surface area contributed by atoms with Crippen molar-refractivity contribution in [2.75, 3.05) is 20.3 Å².